The van der Waals surface area contributed by atoms with Crippen LogP contribution in [0.5, 0.6) is 0 Å². The minimum absolute atomic E-state index is 0.574. The number of aryl methyl sites for hydroxylation is 1. The number of rotatable bonds is 5. The topological polar surface area (TPSA) is 17.1 Å². The van der Waals surface area contributed by atoms with Crippen LogP contribution in [0, 0.1) is 6.92 Å². The van der Waals surface area contributed by atoms with Crippen LogP contribution in [-0.4, -0.2) is 0 Å². The summed E-state index contributed by atoms with van der Waals surface area (Å²) < 4.78 is 14.3. The van der Waals surface area contributed by atoms with Crippen LogP contribution in [-0.2, 0) is 11.0 Å². The maximum Gasteiger partial charge on any atom is 0.174 e. The van der Waals surface area contributed by atoms with Crippen LogP contribution in [0.1, 0.15) is 11.1 Å². The first-order chi connectivity index (χ1) is 12.1. The van der Waals surface area contributed by atoms with Crippen LogP contribution in [0.4, 0.5) is 0 Å². The van der Waals surface area contributed by atoms with E-state index < -0.39 is 7.14 Å². The van der Waals surface area contributed by atoms with Crippen LogP contribution in [0.15, 0.2) is 103 Å². The van der Waals surface area contributed by atoms with Crippen LogP contribution in [0.25, 0.3) is 0 Å². The third kappa shape index (κ3) is 3.59. The predicted molar refractivity (Wildman–Crippen MR) is 107 cm³/mol. The quantitative estimate of drug-likeness (QED) is 0.458. The van der Waals surface area contributed by atoms with Crippen molar-refractivity contribution in [2.75, 3.05) is 0 Å². The fourth-order valence-corrected chi connectivity index (χ4v) is 5.65. The van der Waals surface area contributed by atoms with Crippen molar-refractivity contribution < 1.29 is 4.57 Å². The van der Waals surface area contributed by atoms with Gasteiger partial charge in [-0.2, -0.15) is 0 Å². The molecule has 0 radical (unpaired) electrons. The molecule has 0 spiro atoms. The van der Waals surface area contributed by atoms with Crippen molar-refractivity contribution in [3.63, 3.8) is 0 Å². The summed E-state index contributed by atoms with van der Waals surface area (Å²) in [6.45, 7) is 5.92. The van der Waals surface area contributed by atoms with Crippen LogP contribution in [0.2, 0.25) is 0 Å². The molecule has 0 heterocycles. The number of hydrogen-bond donors (Lipinski definition) is 0. The molecule has 1 nitrogen and oxygen atoms in total. The summed E-state index contributed by atoms with van der Waals surface area (Å²) >= 11 is 0. The number of benzene rings is 3. The van der Waals surface area contributed by atoms with Gasteiger partial charge in [-0.3, -0.25) is 0 Å². The number of hydrogen-bond acceptors (Lipinski definition) is 1. The molecule has 3 aromatic carbocycles. The first-order valence-corrected chi connectivity index (χ1v) is 10.0. The second kappa shape index (κ2) is 7.53. The molecule has 0 N–H and O–H groups in total. The lowest BCUT2D eigenvalue weighted by Crippen LogP contribution is -2.18. The Bertz CT molecular complexity index is 891. The molecular formula is C23H21OP. The Morgan fingerprint density at radius 2 is 1.32 bits per heavy atom. The standard InChI is InChI=1S/C23H21OP/c1-3-21(18-20-16-14-19(2)15-17-20)25(24,22-10-6-4-7-11-22)23-12-8-5-9-13-23/h4-17H,1,18H2,2H3. The number of allylic oxidation sites excluding steroid dienone is 1. The van der Waals surface area contributed by atoms with Gasteiger partial charge in [0.05, 0.1) is 0 Å². The zero-order chi connectivity index (χ0) is 17.7. The SMILES string of the molecule is C=C=C(Cc1ccc(C)cc1)P(=O)(c1ccccc1)c1ccccc1. The van der Waals surface area contributed by atoms with Gasteiger partial charge in [0.25, 0.3) is 0 Å². The molecule has 0 aliphatic heterocycles. The molecule has 3 aromatic rings. The Morgan fingerprint density at radius 1 is 0.840 bits per heavy atom. The third-order valence-corrected chi connectivity index (χ3v) is 7.44. The summed E-state index contributed by atoms with van der Waals surface area (Å²) in [6, 6.07) is 27.6. The summed E-state index contributed by atoms with van der Waals surface area (Å²) in [4.78, 5) is 0. The summed E-state index contributed by atoms with van der Waals surface area (Å²) in [5, 5.41) is 2.38. The molecule has 0 atom stereocenters. The molecule has 0 unspecified atom stereocenters. The predicted octanol–water partition coefficient (Wildman–Crippen LogP) is 5.22. The maximum atomic E-state index is 14.3. The van der Waals surface area contributed by atoms with Crippen LogP contribution in [0.3, 0.4) is 0 Å². The summed E-state index contributed by atoms with van der Waals surface area (Å²) in [5.74, 6) is 0. The summed E-state index contributed by atoms with van der Waals surface area (Å²) in [5.41, 5.74) is 5.33. The van der Waals surface area contributed by atoms with Crippen molar-refractivity contribution in [3.8, 4) is 0 Å². The molecule has 0 amide bonds. The highest BCUT2D eigenvalue weighted by atomic mass is 31.2. The lowest BCUT2D eigenvalue weighted by Gasteiger charge is -2.21. The van der Waals surface area contributed by atoms with Gasteiger partial charge >= 0.3 is 0 Å². The second-order valence-electron chi connectivity index (χ2n) is 6.07. The van der Waals surface area contributed by atoms with E-state index in [-0.39, 0.29) is 0 Å². The molecule has 0 aliphatic carbocycles. The van der Waals surface area contributed by atoms with Crippen molar-refractivity contribution in [3.05, 3.63) is 114 Å². The van der Waals surface area contributed by atoms with Crippen molar-refractivity contribution >= 4 is 17.8 Å². The average Bonchev–Trinajstić information content (AvgIpc) is 2.68. The lowest BCUT2D eigenvalue weighted by atomic mass is 10.1. The first-order valence-electron chi connectivity index (χ1n) is 8.31. The van der Waals surface area contributed by atoms with E-state index in [9.17, 15) is 4.57 Å². The van der Waals surface area contributed by atoms with Gasteiger partial charge in [0.2, 0.25) is 0 Å². The zero-order valence-corrected chi connectivity index (χ0v) is 15.2. The molecule has 0 saturated heterocycles. The fourth-order valence-electron chi connectivity index (χ4n) is 2.92. The highest BCUT2D eigenvalue weighted by molar-refractivity contribution is 7.82. The van der Waals surface area contributed by atoms with Gasteiger partial charge in [0.1, 0.15) is 0 Å². The smallest absolute Gasteiger partial charge is 0.174 e. The maximum absolute atomic E-state index is 14.3. The Hall–Kier alpha value is -2.59. The van der Waals surface area contributed by atoms with Crippen molar-refractivity contribution in [1.82, 2.24) is 0 Å². The van der Waals surface area contributed by atoms with E-state index >= 15 is 0 Å². The summed E-state index contributed by atoms with van der Waals surface area (Å²) in [7, 11) is -2.97. The molecular weight excluding hydrogens is 323 g/mol. The molecule has 0 aliphatic rings. The normalized spacial score (nSPS) is 10.9. The third-order valence-electron chi connectivity index (χ3n) is 4.32. The van der Waals surface area contributed by atoms with E-state index in [0.717, 1.165) is 21.5 Å². The van der Waals surface area contributed by atoms with Gasteiger partial charge in [-0.15, -0.1) is 5.73 Å². The van der Waals surface area contributed by atoms with Gasteiger partial charge < -0.3 is 4.57 Å². The van der Waals surface area contributed by atoms with Crippen molar-refractivity contribution in [2.45, 2.75) is 13.3 Å². The fraction of sp³-hybridized carbons (Fsp3) is 0.0870. The Kier molecular flexibility index (Phi) is 5.19. The van der Waals surface area contributed by atoms with Gasteiger partial charge in [-0.05, 0) is 12.5 Å². The van der Waals surface area contributed by atoms with Gasteiger partial charge in [-0.25, -0.2) is 0 Å². The molecule has 25 heavy (non-hydrogen) atoms. The molecule has 0 saturated carbocycles. The van der Waals surface area contributed by atoms with Crippen molar-refractivity contribution in [1.29, 1.82) is 0 Å². The summed E-state index contributed by atoms with van der Waals surface area (Å²) in [6.07, 6.45) is 0.574. The minimum atomic E-state index is -2.97. The Balaban J connectivity index is 2.12. The zero-order valence-electron chi connectivity index (χ0n) is 14.4. The Morgan fingerprint density at radius 3 is 1.76 bits per heavy atom. The van der Waals surface area contributed by atoms with Crippen LogP contribution >= 0.6 is 7.14 Å². The highest BCUT2D eigenvalue weighted by Crippen LogP contribution is 2.52. The van der Waals surface area contributed by atoms with E-state index in [0.29, 0.717) is 6.42 Å². The van der Waals surface area contributed by atoms with E-state index in [2.05, 4.69) is 43.5 Å². The molecule has 0 fully saturated rings. The lowest BCUT2D eigenvalue weighted by molar-refractivity contribution is 0.590. The monoisotopic (exact) mass is 344 g/mol. The van der Waals surface area contributed by atoms with E-state index in [1.807, 2.05) is 60.7 Å². The van der Waals surface area contributed by atoms with Crippen molar-refractivity contribution in [2.24, 2.45) is 0 Å². The first kappa shape index (κ1) is 17.2. The van der Waals surface area contributed by atoms with Gasteiger partial charge in [-0.1, -0.05) is 97.1 Å². The molecule has 2 heteroatoms. The molecule has 124 valence electrons. The van der Waals surface area contributed by atoms with E-state index in [1.54, 1.807) is 0 Å². The molecule has 0 aromatic heterocycles. The highest BCUT2D eigenvalue weighted by Gasteiger charge is 2.31. The van der Waals surface area contributed by atoms with Gasteiger partial charge in [0, 0.05) is 22.3 Å². The largest absolute Gasteiger partial charge is 0.308 e. The minimum Gasteiger partial charge on any atom is -0.308 e. The van der Waals surface area contributed by atoms with E-state index in [4.69, 9.17) is 0 Å². The average molecular weight is 344 g/mol. The Labute approximate surface area is 149 Å². The second-order valence-corrected chi connectivity index (χ2v) is 8.86. The molecule has 3 rings (SSSR count). The van der Waals surface area contributed by atoms with Crippen LogP contribution < -0.4 is 10.6 Å². The molecule has 0 bridgehead atoms. The van der Waals surface area contributed by atoms with E-state index in [1.165, 1.54) is 5.56 Å². The van der Waals surface area contributed by atoms with Gasteiger partial charge in [0.15, 0.2) is 7.14 Å².